The molecule has 1 rings (SSSR count). The molecular formula is C10H9N5Na3. The molecule has 8 heteroatoms. The summed E-state index contributed by atoms with van der Waals surface area (Å²) >= 11 is 0. The zero-order valence-corrected chi connectivity index (χ0v) is 17.4. The molecule has 1 heterocycles. The van der Waals surface area contributed by atoms with Crippen LogP contribution in [0.25, 0.3) is 0 Å². The Morgan fingerprint density at radius 1 is 0.944 bits per heavy atom. The number of hydrogen-bond donors (Lipinski definition) is 0. The molecule has 0 saturated carbocycles. The summed E-state index contributed by atoms with van der Waals surface area (Å²) in [6, 6.07) is 6.02. The third kappa shape index (κ3) is 6.22. The third-order valence-electron chi connectivity index (χ3n) is 2.12. The second-order valence-electron chi connectivity index (χ2n) is 2.99. The van der Waals surface area contributed by atoms with Crippen LogP contribution in [0.1, 0.15) is 17.2 Å². The minimum Gasteiger partial charge on any atom is -0.333 e. The summed E-state index contributed by atoms with van der Waals surface area (Å²) in [6.07, 6.45) is 0.586. The van der Waals surface area contributed by atoms with Crippen molar-refractivity contribution in [3.05, 3.63) is 17.2 Å². The van der Waals surface area contributed by atoms with E-state index in [-0.39, 0.29) is 108 Å². The Bertz CT molecular complexity index is 489. The fourth-order valence-corrected chi connectivity index (χ4v) is 1.39. The van der Waals surface area contributed by atoms with Gasteiger partial charge in [0.15, 0.2) is 0 Å². The van der Waals surface area contributed by atoms with Crippen LogP contribution < -0.4 is 0 Å². The summed E-state index contributed by atoms with van der Waals surface area (Å²) in [5.74, 6) is 0.605. The zero-order chi connectivity index (χ0) is 11.3. The summed E-state index contributed by atoms with van der Waals surface area (Å²) in [4.78, 5) is 4.17. The normalized spacial score (nSPS) is 7.44. The van der Waals surface area contributed by atoms with E-state index in [1.165, 1.54) is 0 Å². The van der Waals surface area contributed by atoms with E-state index < -0.39 is 0 Å². The van der Waals surface area contributed by atoms with Crippen molar-refractivity contribution in [1.82, 2.24) is 9.55 Å². The van der Waals surface area contributed by atoms with Gasteiger partial charge >= 0.3 is 0 Å². The molecule has 18 heavy (non-hydrogen) atoms. The monoisotopic (exact) mass is 268 g/mol. The molecule has 0 aliphatic carbocycles. The van der Waals surface area contributed by atoms with Crippen molar-refractivity contribution < 1.29 is 0 Å². The van der Waals surface area contributed by atoms with E-state index in [9.17, 15) is 0 Å². The van der Waals surface area contributed by atoms with E-state index in [0.717, 1.165) is 5.69 Å². The maximum Gasteiger partial charge on any atom is 0.123 e. The van der Waals surface area contributed by atoms with Crippen molar-refractivity contribution in [1.29, 1.82) is 15.8 Å². The van der Waals surface area contributed by atoms with Gasteiger partial charge in [0.25, 0.3) is 0 Å². The molecule has 3 radical (unpaired) electrons. The predicted octanol–water partition coefficient (Wildman–Crippen LogP) is -0.524. The first-order valence-electron chi connectivity index (χ1n) is 4.38. The Labute approximate surface area is 173 Å². The third-order valence-corrected chi connectivity index (χ3v) is 2.12. The van der Waals surface area contributed by atoms with Crippen LogP contribution in [0.3, 0.4) is 0 Å². The molecule has 0 aromatic carbocycles. The standard InChI is InChI=1S/C10H9N5.3Na/c1-15-9(3-6-12)8(2-5-11)14-10(15)4-7-13;;;/h2-4H2,1H3;;;. The van der Waals surface area contributed by atoms with Gasteiger partial charge in [-0.25, -0.2) is 4.98 Å². The minimum atomic E-state index is 0. The molecule has 0 fully saturated rings. The van der Waals surface area contributed by atoms with Gasteiger partial charge in [-0.15, -0.1) is 0 Å². The van der Waals surface area contributed by atoms with Crippen molar-refractivity contribution in [2.24, 2.45) is 7.05 Å². The smallest absolute Gasteiger partial charge is 0.123 e. The van der Waals surface area contributed by atoms with Crippen LogP contribution in [0.15, 0.2) is 0 Å². The van der Waals surface area contributed by atoms with Gasteiger partial charge in [0.2, 0.25) is 0 Å². The van der Waals surface area contributed by atoms with Crippen molar-refractivity contribution in [2.45, 2.75) is 19.3 Å². The SMILES string of the molecule is Cn1c(CC#N)nc(CC#N)c1CC#N.[Na].[Na].[Na]. The van der Waals surface area contributed by atoms with E-state index in [1.54, 1.807) is 11.6 Å². The summed E-state index contributed by atoms with van der Waals surface area (Å²) < 4.78 is 1.72. The minimum absolute atomic E-state index is 0. The molecule has 1 aromatic rings. The van der Waals surface area contributed by atoms with E-state index in [0.29, 0.717) is 11.5 Å². The molecule has 0 amide bonds. The molecule has 0 unspecified atom stereocenters. The van der Waals surface area contributed by atoms with Crippen molar-refractivity contribution in [2.75, 3.05) is 0 Å². The molecule has 0 N–H and O–H groups in total. The zero-order valence-electron chi connectivity index (χ0n) is 11.4. The Balaban J connectivity index is -0.000000750. The number of rotatable bonds is 3. The van der Waals surface area contributed by atoms with Gasteiger partial charge in [-0.2, -0.15) is 15.8 Å². The van der Waals surface area contributed by atoms with Gasteiger partial charge in [-0.05, 0) is 0 Å². The largest absolute Gasteiger partial charge is 0.333 e. The van der Waals surface area contributed by atoms with Gasteiger partial charge in [0, 0.05) is 95.7 Å². The Hall–Kier alpha value is 0.680. The van der Waals surface area contributed by atoms with Crippen molar-refractivity contribution in [3.63, 3.8) is 0 Å². The molecule has 0 saturated heterocycles. The maximum atomic E-state index is 8.64. The van der Waals surface area contributed by atoms with Crippen LogP contribution >= 0.6 is 0 Å². The average molecular weight is 268 g/mol. The number of nitrogens with zero attached hydrogens (tertiary/aromatic N) is 5. The summed E-state index contributed by atoms with van der Waals surface area (Å²) in [6.45, 7) is 0. The Morgan fingerprint density at radius 2 is 1.44 bits per heavy atom. The van der Waals surface area contributed by atoms with Gasteiger partial charge < -0.3 is 4.57 Å². The molecule has 0 atom stereocenters. The van der Waals surface area contributed by atoms with Crippen LogP contribution in [0, 0.1) is 34.0 Å². The average Bonchev–Trinajstić information content (AvgIpc) is 2.49. The molecule has 77 valence electrons. The van der Waals surface area contributed by atoms with Crippen LogP contribution in [0.4, 0.5) is 0 Å². The van der Waals surface area contributed by atoms with Crippen LogP contribution in [0.2, 0.25) is 0 Å². The summed E-state index contributed by atoms with van der Waals surface area (Å²) in [5, 5.41) is 25.8. The number of aromatic nitrogens is 2. The number of imidazole rings is 1. The first-order valence-corrected chi connectivity index (χ1v) is 4.38. The fraction of sp³-hybridized carbons (Fsp3) is 0.400. The van der Waals surface area contributed by atoms with E-state index in [1.807, 2.05) is 18.2 Å². The van der Waals surface area contributed by atoms with Crippen LogP contribution in [0.5, 0.6) is 0 Å². The number of nitriles is 3. The second kappa shape index (κ2) is 12.7. The molecule has 0 aliphatic rings. The second-order valence-corrected chi connectivity index (χ2v) is 2.99. The van der Waals surface area contributed by atoms with E-state index in [4.69, 9.17) is 15.8 Å². The van der Waals surface area contributed by atoms with Gasteiger partial charge in [-0.1, -0.05) is 0 Å². The molecular weight excluding hydrogens is 259 g/mol. The molecule has 0 spiro atoms. The van der Waals surface area contributed by atoms with Gasteiger partial charge in [0.1, 0.15) is 5.82 Å². The van der Waals surface area contributed by atoms with Gasteiger partial charge in [0.05, 0.1) is 48.9 Å². The van der Waals surface area contributed by atoms with E-state index in [2.05, 4.69) is 4.98 Å². The predicted molar refractivity (Wildman–Crippen MR) is 68.4 cm³/mol. The van der Waals surface area contributed by atoms with Crippen LogP contribution in [-0.2, 0) is 26.3 Å². The maximum absolute atomic E-state index is 8.64. The summed E-state index contributed by atoms with van der Waals surface area (Å²) in [7, 11) is 1.76. The number of hydrogen-bond acceptors (Lipinski definition) is 4. The quantitative estimate of drug-likeness (QED) is 0.690. The van der Waals surface area contributed by atoms with Crippen molar-refractivity contribution >= 4 is 88.7 Å². The topological polar surface area (TPSA) is 89.2 Å². The molecule has 5 nitrogen and oxygen atoms in total. The van der Waals surface area contributed by atoms with E-state index >= 15 is 0 Å². The Kier molecular flexibility index (Phi) is 16.8. The molecule has 0 bridgehead atoms. The van der Waals surface area contributed by atoms with Crippen LogP contribution in [-0.4, -0.2) is 98.2 Å². The molecule has 0 aliphatic heterocycles. The first-order chi connectivity index (χ1) is 7.24. The van der Waals surface area contributed by atoms with Crippen molar-refractivity contribution in [3.8, 4) is 18.2 Å². The first kappa shape index (κ1) is 23.7. The van der Waals surface area contributed by atoms with Gasteiger partial charge in [-0.3, -0.25) is 0 Å². The summed E-state index contributed by atoms with van der Waals surface area (Å²) in [5.41, 5.74) is 1.33. The Morgan fingerprint density at radius 3 is 1.89 bits per heavy atom. The molecule has 1 aromatic heterocycles. The fourth-order valence-electron chi connectivity index (χ4n) is 1.39.